The second kappa shape index (κ2) is 10.3. The molecular weight excluding hydrogens is 254 g/mol. The van der Waals surface area contributed by atoms with Crippen molar-refractivity contribution in [3.8, 4) is 0 Å². The molecule has 0 aliphatic rings. The van der Waals surface area contributed by atoms with E-state index in [2.05, 4.69) is 50.4 Å². The number of unbranched alkanes of at least 4 members (excludes halogenated alkanes) is 1. The molecule has 0 bridgehead atoms. The fourth-order valence-electron chi connectivity index (χ4n) is 1.59. The zero-order chi connectivity index (χ0) is 13.9. The number of thioether (sulfide) groups is 1. The predicted octanol–water partition coefficient (Wildman–Crippen LogP) is 4.09. The van der Waals surface area contributed by atoms with Crippen LogP contribution in [0.3, 0.4) is 0 Å². The van der Waals surface area contributed by atoms with Gasteiger partial charge in [-0.1, -0.05) is 39.3 Å². The molecule has 1 rings (SSSR count). The summed E-state index contributed by atoms with van der Waals surface area (Å²) in [5.41, 5.74) is 1.34. The first kappa shape index (κ1) is 16.5. The smallest absolute Gasteiger partial charge is 0.0560 e. The summed E-state index contributed by atoms with van der Waals surface area (Å²) in [6.07, 6.45) is 2.38. The SMILES string of the molecule is CCCCOCCSc1ccc(CNC(C)C)cc1. The Bertz CT molecular complexity index is 324. The summed E-state index contributed by atoms with van der Waals surface area (Å²) in [4.78, 5) is 1.33. The summed E-state index contributed by atoms with van der Waals surface area (Å²) in [6.45, 7) is 9.22. The van der Waals surface area contributed by atoms with Crippen LogP contribution in [-0.2, 0) is 11.3 Å². The Balaban J connectivity index is 2.17. The van der Waals surface area contributed by atoms with Crippen LogP contribution in [0.25, 0.3) is 0 Å². The molecule has 0 aliphatic heterocycles. The van der Waals surface area contributed by atoms with Crippen molar-refractivity contribution in [1.29, 1.82) is 0 Å². The molecule has 0 heterocycles. The Kier molecular flexibility index (Phi) is 8.97. The van der Waals surface area contributed by atoms with Gasteiger partial charge in [0.1, 0.15) is 0 Å². The molecule has 1 aromatic rings. The predicted molar refractivity (Wildman–Crippen MR) is 84.9 cm³/mol. The van der Waals surface area contributed by atoms with Crippen molar-refractivity contribution in [1.82, 2.24) is 5.32 Å². The van der Waals surface area contributed by atoms with Crippen LogP contribution in [0.5, 0.6) is 0 Å². The van der Waals surface area contributed by atoms with Gasteiger partial charge in [0.15, 0.2) is 0 Å². The summed E-state index contributed by atoms with van der Waals surface area (Å²) in [5.74, 6) is 1.04. The molecule has 0 unspecified atom stereocenters. The van der Waals surface area contributed by atoms with E-state index in [-0.39, 0.29) is 0 Å². The van der Waals surface area contributed by atoms with Gasteiger partial charge in [-0.2, -0.15) is 0 Å². The molecule has 0 spiro atoms. The van der Waals surface area contributed by atoms with Crippen molar-refractivity contribution >= 4 is 11.8 Å². The van der Waals surface area contributed by atoms with Crippen molar-refractivity contribution in [2.24, 2.45) is 0 Å². The van der Waals surface area contributed by atoms with Gasteiger partial charge in [-0.3, -0.25) is 0 Å². The molecule has 0 atom stereocenters. The topological polar surface area (TPSA) is 21.3 Å². The highest BCUT2D eigenvalue weighted by Crippen LogP contribution is 2.18. The fraction of sp³-hybridized carbons (Fsp3) is 0.625. The van der Waals surface area contributed by atoms with E-state index in [0.717, 1.165) is 25.5 Å². The van der Waals surface area contributed by atoms with Crippen molar-refractivity contribution in [2.45, 2.75) is 51.1 Å². The van der Waals surface area contributed by atoms with Crippen LogP contribution in [0.2, 0.25) is 0 Å². The lowest BCUT2D eigenvalue weighted by Gasteiger charge is -2.08. The molecular formula is C16H27NOS. The van der Waals surface area contributed by atoms with Gasteiger partial charge in [-0.05, 0) is 24.1 Å². The molecule has 1 aromatic carbocycles. The zero-order valence-electron chi connectivity index (χ0n) is 12.4. The number of hydrogen-bond acceptors (Lipinski definition) is 3. The minimum Gasteiger partial charge on any atom is -0.381 e. The largest absolute Gasteiger partial charge is 0.381 e. The molecule has 3 heteroatoms. The first-order valence-corrected chi connectivity index (χ1v) is 8.23. The molecule has 0 saturated carbocycles. The van der Waals surface area contributed by atoms with Gasteiger partial charge in [0.25, 0.3) is 0 Å². The van der Waals surface area contributed by atoms with Crippen LogP contribution >= 0.6 is 11.8 Å². The monoisotopic (exact) mass is 281 g/mol. The normalized spacial score (nSPS) is 11.2. The van der Waals surface area contributed by atoms with Crippen LogP contribution in [0.15, 0.2) is 29.2 Å². The summed E-state index contributed by atoms with van der Waals surface area (Å²) < 4.78 is 5.55. The lowest BCUT2D eigenvalue weighted by Crippen LogP contribution is -2.21. The Morgan fingerprint density at radius 2 is 1.89 bits per heavy atom. The first-order valence-electron chi connectivity index (χ1n) is 7.25. The Hall–Kier alpha value is -0.510. The van der Waals surface area contributed by atoms with Gasteiger partial charge >= 0.3 is 0 Å². The maximum Gasteiger partial charge on any atom is 0.0560 e. The highest BCUT2D eigenvalue weighted by Gasteiger charge is 1.97. The quantitative estimate of drug-likeness (QED) is 0.515. The second-order valence-electron chi connectivity index (χ2n) is 4.99. The molecule has 108 valence electrons. The zero-order valence-corrected chi connectivity index (χ0v) is 13.3. The molecule has 19 heavy (non-hydrogen) atoms. The summed E-state index contributed by atoms with van der Waals surface area (Å²) in [6, 6.07) is 9.35. The van der Waals surface area contributed by atoms with Gasteiger partial charge in [-0.25, -0.2) is 0 Å². The number of rotatable bonds is 10. The van der Waals surface area contributed by atoms with Crippen LogP contribution in [0.4, 0.5) is 0 Å². The lowest BCUT2D eigenvalue weighted by molar-refractivity contribution is 0.147. The third-order valence-corrected chi connectivity index (χ3v) is 3.75. The number of nitrogens with one attached hydrogen (secondary N) is 1. The van der Waals surface area contributed by atoms with E-state index in [4.69, 9.17) is 4.74 Å². The maximum absolute atomic E-state index is 5.55. The lowest BCUT2D eigenvalue weighted by atomic mass is 10.2. The van der Waals surface area contributed by atoms with E-state index in [1.807, 2.05) is 11.8 Å². The van der Waals surface area contributed by atoms with Crippen LogP contribution in [0, 0.1) is 0 Å². The molecule has 1 N–H and O–H groups in total. The minimum absolute atomic E-state index is 0.536. The van der Waals surface area contributed by atoms with Crippen molar-refractivity contribution in [2.75, 3.05) is 19.0 Å². The minimum atomic E-state index is 0.536. The Morgan fingerprint density at radius 3 is 2.53 bits per heavy atom. The van der Waals surface area contributed by atoms with E-state index in [9.17, 15) is 0 Å². The Morgan fingerprint density at radius 1 is 1.16 bits per heavy atom. The summed E-state index contributed by atoms with van der Waals surface area (Å²) in [7, 11) is 0. The van der Waals surface area contributed by atoms with E-state index in [1.165, 1.54) is 23.3 Å². The average molecular weight is 281 g/mol. The van der Waals surface area contributed by atoms with E-state index in [0.29, 0.717) is 6.04 Å². The van der Waals surface area contributed by atoms with Crippen LogP contribution in [-0.4, -0.2) is 25.0 Å². The highest BCUT2D eigenvalue weighted by atomic mass is 32.2. The molecule has 0 radical (unpaired) electrons. The van der Waals surface area contributed by atoms with Gasteiger partial charge in [0, 0.05) is 29.8 Å². The highest BCUT2D eigenvalue weighted by molar-refractivity contribution is 7.99. The molecule has 0 aromatic heterocycles. The van der Waals surface area contributed by atoms with E-state index < -0.39 is 0 Å². The van der Waals surface area contributed by atoms with Crippen molar-refractivity contribution < 1.29 is 4.74 Å². The average Bonchev–Trinajstić information content (AvgIpc) is 2.41. The molecule has 0 aliphatic carbocycles. The third kappa shape index (κ3) is 8.30. The molecule has 2 nitrogen and oxygen atoms in total. The maximum atomic E-state index is 5.55. The first-order chi connectivity index (χ1) is 9.22. The van der Waals surface area contributed by atoms with Gasteiger partial charge in [0.2, 0.25) is 0 Å². The van der Waals surface area contributed by atoms with Gasteiger partial charge < -0.3 is 10.1 Å². The van der Waals surface area contributed by atoms with Crippen molar-refractivity contribution in [3.05, 3.63) is 29.8 Å². The Labute approximate surface area is 122 Å². The van der Waals surface area contributed by atoms with Gasteiger partial charge in [0.05, 0.1) is 6.61 Å². The number of ether oxygens (including phenoxy) is 1. The van der Waals surface area contributed by atoms with E-state index >= 15 is 0 Å². The van der Waals surface area contributed by atoms with Gasteiger partial charge in [-0.15, -0.1) is 11.8 Å². The standard InChI is InChI=1S/C16H27NOS/c1-4-5-10-18-11-12-19-16-8-6-15(7-9-16)13-17-14(2)3/h6-9,14,17H,4-5,10-13H2,1-3H3. The second-order valence-corrected chi connectivity index (χ2v) is 6.16. The van der Waals surface area contributed by atoms with Crippen molar-refractivity contribution in [3.63, 3.8) is 0 Å². The van der Waals surface area contributed by atoms with Crippen LogP contribution in [0.1, 0.15) is 39.2 Å². The molecule has 0 amide bonds. The van der Waals surface area contributed by atoms with Crippen LogP contribution < -0.4 is 5.32 Å². The molecule has 0 saturated heterocycles. The summed E-state index contributed by atoms with van der Waals surface area (Å²) in [5, 5.41) is 3.43. The number of hydrogen-bond donors (Lipinski definition) is 1. The third-order valence-electron chi connectivity index (χ3n) is 2.78. The summed E-state index contributed by atoms with van der Waals surface area (Å²) >= 11 is 1.87. The number of benzene rings is 1. The fourth-order valence-corrected chi connectivity index (χ4v) is 2.36. The molecule has 0 fully saturated rings. The van der Waals surface area contributed by atoms with E-state index in [1.54, 1.807) is 0 Å².